The first-order valence-electron chi connectivity index (χ1n) is 19.1. The Kier molecular flexibility index (Phi) is 10.6. The van der Waals surface area contributed by atoms with Crippen LogP contribution in [-0.4, -0.2) is 79.2 Å². The van der Waals surface area contributed by atoms with Crippen molar-refractivity contribution < 1.29 is 27.5 Å². The Labute approximate surface area is 311 Å². The van der Waals surface area contributed by atoms with Crippen molar-refractivity contribution in [2.45, 2.75) is 114 Å². The summed E-state index contributed by atoms with van der Waals surface area (Å²) in [5.41, 5.74) is 2.65. The molecule has 2 amide bonds. The molecule has 3 heterocycles. The van der Waals surface area contributed by atoms with Crippen LogP contribution in [-0.2, 0) is 26.0 Å². The molecule has 4 aliphatic rings. The molecule has 0 radical (unpaired) electrons. The third kappa shape index (κ3) is 7.42. The molecule has 1 saturated heterocycles. The van der Waals surface area contributed by atoms with E-state index in [1.165, 1.54) is 0 Å². The van der Waals surface area contributed by atoms with Gasteiger partial charge in [0, 0.05) is 41.9 Å². The van der Waals surface area contributed by atoms with E-state index in [0.717, 1.165) is 77.1 Å². The first kappa shape index (κ1) is 37.0. The summed E-state index contributed by atoms with van der Waals surface area (Å²) in [4.78, 5) is 39.7. The second-order valence-electron chi connectivity index (χ2n) is 15.7. The lowest BCUT2D eigenvalue weighted by Gasteiger charge is -2.27. The molecule has 13 heteroatoms. The minimum atomic E-state index is -3.68. The standard InChI is InChI=1S/C39H53N5O6S2/c1-6-28-33(49-5)15-14-29-34(19-31(41-35(28)29)36-42-32(22-51-36)23(2)3)50-26-17-24-21-40-39(38(46)43-52(47,48)27-12-13-27)20-25(39)11-9-7-8-10-16-44(4)37(45)30(24)18-26/h14-15,19,22-27,30,40H,6-13,16-18,20-21H2,1-5H3,(H,43,46)/t24-,25+,26+,30+,39+/m0/s1. The Morgan fingerprint density at radius 3 is 2.62 bits per heavy atom. The number of pyridine rings is 1. The number of amides is 2. The summed E-state index contributed by atoms with van der Waals surface area (Å²) in [6.45, 7) is 7.48. The quantitative estimate of drug-likeness (QED) is 0.262. The topological polar surface area (TPSA) is 140 Å². The molecule has 3 aliphatic carbocycles. The molecular weight excluding hydrogens is 699 g/mol. The van der Waals surface area contributed by atoms with Crippen molar-refractivity contribution in [1.82, 2.24) is 24.9 Å². The van der Waals surface area contributed by atoms with Crippen molar-refractivity contribution in [3.8, 4) is 22.2 Å². The number of rotatable bonds is 9. The molecule has 5 atom stereocenters. The summed E-state index contributed by atoms with van der Waals surface area (Å²) in [6.07, 6.45) is 8.23. The number of hydrogen-bond acceptors (Lipinski definition) is 10. The van der Waals surface area contributed by atoms with Gasteiger partial charge in [-0.25, -0.2) is 18.4 Å². The zero-order chi connectivity index (χ0) is 36.8. The predicted molar refractivity (Wildman–Crippen MR) is 203 cm³/mol. The van der Waals surface area contributed by atoms with Crippen molar-refractivity contribution in [3.63, 3.8) is 0 Å². The summed E-state index contributed by atoms with van der Waals surface area (Å²) in [5, 5.41) is 6.89. The van der Waals surface area contributed by atoms with E-state index in [1.807, 2.05) is 30.1 Å². The second kappa shape index (κ2) is 14.9. The highest BCUT2D eigenvalue weighted by molar-refractivity contribution is 7.91. The molecule has 2 aromatic heterocycles. The van der Waals surface area contributed by atoms with E-state index in [4.69, 9.17) is 19.4 Å². The Balaban J connectivity index is 1.19. The average molecular weight is 752 g/mol. The molecule has 282 valence electrons. The number of carbonyl (C=O) groups excluding carboxylic acids is 2. The van der Waals surface area contributed by atoms with E-state index in [9.17, 15) is 18.0 Å². The van der Waals surface area contributed by atoms with Gasteiger partial charge in [-0.15, -0.1) is 11.3 Å². The lowest BCUT2D eigenvalue weighted by Crippen LogP contribution is -2.52. The third-order valence-corrected chi connectivity index (χ3v) is 14.4. The van der Waals surface area contributed by atoms with Crippen LogP contribution in [0.25, 0.3) is 21.6 Å². The van der Waals surface area contributed by atoms with Crippen molar-refractivity contribution in [1.29, 1.82) is 0 Å². The number of hydrogen-bond donors (Lipinski definition) is 2. The van der Waals surface area contributed by atoms with E-state index in [2.05, 4.69) is 36.2 Å². The van der Waals surface area contributed by atoms with Gasteiger partial charge >= 0.3 is 0 Å². The lowest BCUT2D eigenvalue weighted by molar-refractivity contribution is -0.135. The molecular formula is C39H53N5O6S2. The number of carbonyl (C=O) groups is 2. The van der Waals surface area contributed by atoms with Crippen LogP contribution in [0.2, 0.25) is 0 Å². The minimum absolute atomic E-state index is 0.0727. The van der Waals surface area contributed by atoms with Crippen molar-refractivity contribution in [3.05, 3.63) is 34.8 Å². The monoisotopic (exact) mass is 751 g/mol. The number of nitrogens with zero attached hydrogens (tertiary/aromatic N) is 3. The van der Waals surface area contributed by atoms with Crippen molar-refractivity contribution in [2.24, 2.45) is 17.8 Å². The van der Waals surface area contributed by atoms with Crippen LogP contribution >= 0.6 is 11.3 Å². The summed E-state index contributed by atoms with van der Waals surface area (Å²) >= 11 is 1.57. The molecule has 2 N–H and O–H groups in total. The minimum Gasteiger partial charge on any atom is -0.496 e. The first-order valence-corrected chi connectivity index (χ1v) is 21.6. The van der Waals surface area contributed by atoms with Gasteiger partial charge in [0.2, 0.25) is 15.9 Å². The van der Waals surface area contributed by atoms with E-state index in [1.54, 1.807) is 18.4 Å². The fraction of sp³-hybridized carbons (Fsp3) is 0.641. The molecule has 1 aromatic carbocycles. The van der Waals surface area contributed by atoms with Gasteiger partial charge in [-0.05, 0) is 87.8 Å². The summed E-state index contributed by atoms with van der Waals surface area (Å²) in [7, 11) is -0.111. The normalized spacial score (nSPS) is 27.2. The lowest BCUT2D eigenvalue weighted by atomic mass is 9.93. The van der Waals surface area contributed by atoms with E-state index in [-0.39, 0.29) is 29.8 Å². The van der Waals surface area contributed by atoms with E-state index in [0.29, 0.717) is 56.9 Å². The highest BCUT2D eigenvalue weighted by Crippen LogP contribution is 2.49. The van der Waals surface area contributed by atoms with Gasteiger partial charge < -0.3 is 19.7 Å². The largest absolute Gasteiger partial charge is 0.496 e. The molecule has 3 saturated carbocycles. The number of ether oxygens (including phenoxy) is 2. The van der Waals surface area contributed by atoms with Crippen LogP contribution < -0.4 is 19.5 Å². The predicted octanol–water partition coefficient (Wildman–Crippen LogP) is 6.21. The Morgan fingerprint density at radius 2 is 1.90 bits per heavy atom. The number of thiazole rings is 1. The Bertz CT molecular complexity index is 1930. The van der Waals surface area contributed by atoms with Gasteiger partial charge in [0.15, 0.2) is 0 Å². The number of sulfonamides is 1. The van der Waals surface area contributed by atoms with Crippen molar-refractivity contribution >= 4 is 44.1 Å². The number of fused-ring (bicyclic) bond motifs is 3. The molecule has 7 rings (SSSR count). The zero-order valence-electron chi connectivity index (χ0n) is 31.1. The van der Waals surface area contributed by atoms with Gasteiger partial charge in [-0.2, -0.15) is 0 Å². The maximum atomic E-state index is 14.1. The summed E-state index contributed by atoms with van der Waals surface area (Å²) in [5.74, 6) is 1.10. The number of methoxy groups -OCH3 is 1. The van der Waals surface area contributed by atoms with Gasteiger partial charge in [-0.3, -0.25) is 14.3 Å². The maximum absolute atomic E-state index is 14.1. The number of benzene rings is 1. The molecule has 0 bridgehead atoms. The first-order chi connectivity index (χ1) is 24.9. The summed E-state index contributed by atoms with van der Waals surface area (Å²) < 4.78 is 40.7. The fourth-order valence-corrected chi connectivity index (χ4v) is 10.6. The van der Waals surface area contributed by atoms with Gasteiger partial charge in [0.25, 0.3) is 5.91 Å². The molecule has 4 fully saturated rings. The van der Waals surface area contributed by atoms with E-state index >= 15 is 0 Å². The van der Waals surface area contributed by atoms with Crippen LogP contribution in [0, 0.1) is 17.8 Å². The van der Waals surface area contributed by atoms with Gasteiger partial charge in [0.1, 0.15) is 27.7 Å². The number of aromatic nitrogens is 2. The SMILES string of the molecule is CCc1c(OC)ccc2c(O[C@@H]3C[C@H]4CN[C@]5(C(=O)NS(=O)(=O)C6CC6)C[C@H]5CCCCCCN(C)C(=O)[C@@H]4C3)cc(-c3nc(C(C)C)cs3)nc12. The smallest absolute Gasteiger partial charge is 0.254 e. The van der Waals surface area contributed by atoms with Crippen LogP contribution in [0.15, 0.2) is 23.6 Å². The Hall–Kier alpha value is -3.29. The van der Waals surface area contributed by atoms with Crippen molar-refractivity contribution in [2.75, 3.05) is 27.2 Å². The molecule has 52 heavy (non-hydrogen) atoms. The molecule has 11 nitrogen and oxygen atoms in total. The van der Waals surface area contributed by atoms with Crippen LogP contribution in [0.4, 0.5) is 0 Å². The molecule has 3 aromatic rings. The zero-order valence-corrected chi connectivity index (χ0v) is 32.7. The molecule has 1 aliphatic heterocycles. The summed E-state index contributed by atoms with van der Waals surface area (Å²) in [6, 6.07) is 5.94. The third-order valence-electron chi connectivity index (χ3n) is 11.7. The Morgan fingerprint density at radius 1 is 1.12 bits per heavy atom. The highest BCUT2D eigenvalue weighted by atomic mass is 32.2. The number of nitrogens with one attached hydrogen (secondary N) is 2. The maximum Gasteiger partial charge on any atom is 0.254 e. The highest BCUT2D eigenvalue weighted by Gasteiger charge is 2.60. The molecule has 0 spiro atoms. The van der Waals surface area contributed by atoms with Gasteiger partial charge in [-0.1, -0.05) is 40.0 Å². The average Bonchev–Trinajstić information content (AvgIpc) is 4.01. The van der Waals surface area contributed by atoms with Crippen LogP contribution in [0.1, 0.15) is 102 Å². The van der Waals surface area contributed by atoms with E-state index < -0.39 is 26.7 Å². The second-order valence-corrected chi connectivity index (χ2v) is 18.5. The van der Waals surface area contributed by atoms with Crippen LogP contribution in [0.3, 0.4) is 0 Å². The molecule has 0 unspecified atom stereocenters. The van der Waals surface area contributed by atoms with Gasteiger partial charge in [0.05, 0.1) is 29.7 Å². The number of aryl methyl sites for hydroxylation is 1. The van der Waals surface area contributed by atoms with Crippen LogP contribution in [0.5, 0.6) is 11.5 Å². The fourth-order valence-electron chi connectivity index (χ4n) is 8.32.